The zero-order chi connectivity index (χ0) is 22.3. The third-order valence-corrected chi connectivity index (χ3v) is 6.89. The number of hydrogen-bond acceptors (Lipinski definition) is 5. The molecule has 8 nitrogen and oxygen atoms in total. The minimum Gasteiger partial charge on any atom is -0.459 e. The number of likely N-dealkylation sites (tertiary alicyclic amines) is 1. The van der Waals surface area contributed by atoms with Crippen molar-refractivity contribution >= 4 is 21.8 Å². The average molecular weight is 448 g/mol. The van der Waals surface area contributed by atoms with E-state index in [4.69, 9.17) is 4.42 Å². The molecule has 1 aromatic heterocycles. The van der Waals surface area contributed by atoms with Crippen molar-refractivity contribution in [2.24, 2.45) is 0 Å². The molecule has 1 aliphatic heterocycles. The van der Waals surface area contributed by atoms with Gasteiger partial charge in [0.05, 0.1) is 12.0 Å². The van der Waals surface area contributed by atoms with Crippen molar-refractivity contribution in [3.05, 3.63) is 60.1 Å². The van der Waals surface area contributed by atoms with Crippen LogP contribution >= 0.6 is 0 Å². The Labute approximate surface area is 183 Å². The van der Waals surface area contributed by atoms with E-state index in [2.05, 4.69) is 10.0 Å². The van der Waals surface area contributed by atoms with Gasteiger partial charge in [0, 0.05) is 25.6 Å². The molecule has 1 aromatic carbocycles. The molecule has 1 atom stereocenters. The summed E-state index contributed by atoms with van der Waals surface area (Å²) in [5, 5.41) is 2.80. The van der Waals surface area contributed by atoms with E-state index in [0.717, 1.165) is 5.56 Å². The summed E-state index contributed by atoms with van der Waals surface area (Å²) < 4.78 is 31.9. The minimum absolute atomic E-state index is 0.101. The number of benzene rings is 1. The quantitative estimate of drug-likeness (QED) is 0.611. The van der Waals surface area contributed by atoms with Crippen LogP contribution in [-0.2, 0) is 21.2 Å². The summed E-state index contributed by atoms with van der Waals surface area (Å²) in [6.07, 6.45) is 3.41. The lowest BCUT2D eigenvalue weighted by molar-refractivity contribution is -0.134. The molecule has 2 heterocycles. The fourth-order valence-corrected chi connectivity index (χ4v) is 5.11. The standard InChI is InChI=1S/C22H29N3O5S/c1-2-15-31(28,29)24-18-10-12-25(13-11-18)22(27)19(16-17-7-4-3-5-8-17)23-21(26)20-9-6-14-30-20/h3-9,14,18-19,24H,2,10-13,15-16H2,1H3,(H,23,26). The van der Waals surface area contributed by atoms with Crippen molar-refractivity contribution in [3.63, 3.8) is 0 Å². The Morgan fingerprint density at radius 1 is 1.13 bits per heavy atom. The number of hydrogen-bond donors (Lipinski definition) is 2. The summed E-state index contributed by atoms with van der Waals surface area (Å²) in [4.78, 5) is 27.5. The van der Waals surface area contributed by atoms with E-state index in [1.807, 2.05) is 37.3 Å². The number of sulfonamides is 1. The van der Waals surface area contributed by atoms with Crippen LogP contribution in [0.4, 0.5) is 0 Å². The van der Waals surface area contributed by atoms with Crippen molar-refractivity contribution in [1.82, 2.24) is 14.9 Å². The summed E-state index contributed by atoms with van der Waals surface area (Å²) in [6, 6.07) is 11.7. The highest BCUT2D eigenvalue weighted by molar-refractivity contribution is 7.89. The Morgan fingerprint density at radius 3 is 2.45 bits per heavy atom. The molecule has 2 N–H and O–H groups in total. The van der Waals surface area contributed by atoms with Crippen molar-refractivity contribution in [2.75, 3.05) is 18.8 Å². The van der Waals surface area contributed by atoms with E-state index < -0.39 is 22.0 Å². The number of carbonyl (C=O) groups excluding carboxylic acids is 2. The number of nitrogens with one attached hydrogen (secondary N) is 2. The van der Waals surface area contributed by atoms with Gasteiger partial charge in [-0.1, -0.05) is 37.3 Å². The van der Waals surface area contributed by atoms with E-state index in [0.29, 0.717) is 38.8 Å². The molecule has 3 rings (SSSR count). The third-order valence-electron chi connectivity index (χ3n) is 5.26. The van der Waals surface area contributed by atoms with Crippen molar-refractivity contribution in [1.29, 1.82) is 0 Å². The van der Waals surface area contributed by atoms with Crippen molar-refractivity contribution in [2.45, 2.75) is 44.7 Å². The molecule has 0 saturated carbocycles. The largest absolute Gasteiger partial charge is 0.459 e. The number of rotatable bonds is 9. The van der Waals surface area contributed by atoms with Crippen LogP contribution in [0.1, 0.15) is 42.3 Å². The highest BCUT2D eigenvalue weighted by atomic mass is 32.2. The fraction of sp³-hybridized carbons (Fsp3) is 0.455. The first-order valence-electron chi connectivity index (χ1n) is 10.5. The maximum atomic E-state index is 13.2. The molecule has 1 fully saturated rings. The highest BCUT2D eigenvalue weighted by Gasteiger charge is 2.31. The van der Waals surface area contributed by atoms with Gasteiger partial charge in [0.2, 0.25) is 15.9 Å². The molecule has 0 spiro atoms. The van der Waals surface area contributed by atoms with Gasteiger partial charge in [0.15, 0.2) is 5.76 Å². The van der Waals surface area contributed by atoms with Gasteiger partial charge >= 0.3 is 0 Å². The van der Waals surface area contributed by atoms with E-state index in [1.54, 1.807) is 17.0 Å². The molecule has 1 saturated heterocycles. The van der Waals surface area contributed by atoms with Crippen LogP contribution in [0.5, 0.6) is 0 Å². The molecule has 31 heavy (non-hydrogen) atoms. The van der Waals surface area contributed by atoms with Crippen molar-refractivity contribution < 1.29 is 22.4 Å². The topological polar surface area (TPSA) is 109 Å². The second-order valence-corrected chi connectivity index (χ2v) is 9.60. The first kappa shape index (κ1) is 23.0. The number of furan rings is 1. The smallest absolute Gasteiger partial charge is 0.287 e. The second-order valence-electron chi connectivity index (χ2n) is 7.73. The van der Waals surface area contributed by atoms with Crippen LogP contribution in [0.3, 0.4) is 0 Å². The summed E-state index contributed by atoms with van der Waals surface area (Å²) in [6.45, 7) is 2.69. The van der Waals surface area contributed by atoms with Crippen LogP contribution in [-0.4, -0.2) is 56.1 Å². The van der Waals surface area contributed by atoms with Crippen LogP contribution in [0.25, 0.3) is 0 Å². The van der Waals surface area contributed by atoms with E-state index in [9.17, 15) is 18.0 Å². The molecule has 0 radical (unpaired) electrons. The van der Waals surface area contributed by atoms with Gasteiger partial charge in [-0.3, -0.25) is 9.59 Å². The van der Waals surface area contributed by atoms with Crippen LogP contribution < -0.4 is 10.0 Å². The molecule has 0 bridgehead atoms. The molecule has 2 aromatic rings. The molecular weight excluding hydrogens is 418 g/mol. The molecule has 0 aliphatic carbocycles. The Morgan fingerprint density at radius 2 is 1.84 bits per heavy atom. The number of carbonyl (C=O) groups is 2. The molecular formula is C22H29N3O5S. The van der Waals surface area contributed by atoms with Gasteiger partial charge in [0.25, 0.3) is 5.91 Å². The van der Waals surface area contributed by atoms with Gasteiger partial charge in [-0.25, -0.2) is 13.1 Å². The number of amides is 2. The zero-order valence-electron chi connectivity index (χ0n) is 17.6. The van der Waals surface area contributed by atoms with Crippen LogP contribution in [0.15, 0.2) is 53.1 Å². The molecule has 9 heteroatoms. The maximum Gasteiger partial charge on any atom is 0.287 e. The number of nitrogens with zero attached hydrogens (tertiary/aromatic N) is 1. The third kappa shape index (κ3) is 6.67. The van der Waals surface area contributed by atoms with Gasteiger partial charge in [-0.15, -0.1) is 0 Å². The lowest BCUT2D eigenvalue weighted by atomic mass is 10.0. The SMILES string of the molecule is CCCS(=O)(=O)NC1CCN(C(=O)C(Cc2ccccc2)NC(=O)c2ccco2)CC1. The molecule has 1 unspecified atom stereocenters. The van der Waals surface area contributed by atoms with Gasteiger partial charge < -0.3 is 14.6 Å². The predicted molar refractivity (Wildman–Crippen MR) is 117 cm³/mol. The summed E-state index contributed by atoms with van der Waals surface area (Å²) in [5.41, 5.74) is 0.933. The van der Waals surface area contributed by atoms with E-state index in [-0.39, 0.29) is 23.5 Å². The summed E-state index contributed by atoms with van der Waals surface area (Å²) >= 11 is 0. The minimum atomic E-state index is -3.29. The van der Waals surface area contributed by atoms with E-state index in [1.165, 1.54) is 6.26 Å². The fourth-order valence-electron chi connectivity index (χ4n) is 3.71. The normalized spacial score (nSPS) is 16.1. The Kier molecular flexibility index (Phi) is 7.86. The Hall–Kier alpha value is -2.65. The average Bonchev–Trinajstić information content (AvgIpc) is 3.29. The molecule has 2 amide bonds. The monoisotopic (exact) mass is 447 g/mol. The summed E-state index contributed by atoms with van der Waals surface area (Å²) in [7, 11) is -3.29. The lowest BCUT2D eigenvalue weighted by Gasteiger charge is -2.34. The first-order valence-corrected chi connectivity index (χ1v) is 12.2. The van der Waals surface area contributed by atoms with Gasteiger partial charge in [0.1, 0.15) is 6.04 Å². The first-order chi connectivity index (χ1) is 14.9. The van der Waals surface area contributed by atoms with E-state index >= 15 is 0 Å². The molecule has 1 aliphatic rings. The Balaban J connectivity index is 1.65. The predicted octanol–water partition coefficient (Wildman–Crippen LogP) is 1.94. The maximum absolute atomic E-state index is 13.2. The van der Waals surface area contributed by atoms with Crippen LogP contribution in [0.2, 0.25) is 0 Å². The van der Waals surface area contributed by atoms with Gasteiger partial charge in [-0.2, -0.15) is 0 Å². The number of piperidine rings is 1. The zero-order valence-corrected chi connectivity index (χ0v) is 18.4. The second kappa shape index (κ2) is 10.6. The highest BCUT2D eigenvalue weighted by Crippen LogP contribution is 2.15. The lowest BCUT2D eigenvalue weighted by Crippen LogP contribution is -2.53. The van der Waals surface area contributed by atoms with Crippen LogP contribution in [0, 0.1) is 0 Å². The molecule has 168 valence electrons. The summed E-state index contributed by atoms with van der Waals surface area (Å²) in [5.74, 6) is -0.376. The van der Waals surface area contributed by atoms with Crippen molar-refractivity contribution in [3.8, 4) is 0 Å². The van der Waals surface area contributed by atoms with Gasteiger partial charge in [-0.05, 0) is 37.0 Å². The Bertz CT molecular complexity index is 952.